The SMILES string of the molecule is Cn1c(N2CCCC2c2nc3ccccc3c(=O)[nH]2)nc2ccccc21. The third-order valence-corrected chi connectivity index (χ3v) is 5.22. The molecule has 130 valence electrons. The number of hydrogen-bond acceptors (Lipinski definition) is 4. The molecule has 1 N–H and O–H groups in total. The van der Waals surface area contributed by atoms with Crippen molar-refractivity contribution in [3.05, 3.63) is 64.7 Å². The molecule has 6 heteroatoms. The van der Waals surface area contributed by atoms with E-state index in [1.54, 1.807) is 0 Å². The Kier molecular flexibility index (Phi) is 3.31. The van der Waals surface area contributed by atoms with Crippen LogP contribution in [0.2, 0.25) is 0 Å². The Balaban J connectivity index is 1.63. The summed E-state index contributed by atoms with van der Waals surface area (Å²) in [5.74, 6) is 1.64. The van der Waals surface area contributed by atoms with Crippen LogP contribution in [0.3, 0.4) is 0 Å². The quantitative estimate of drug-likeness (QED) is 0.606. The standard InChI is InChI=1S/C20H19N5O/c1-24-16-10-5-4-9-15(16)22-20(24)25-12-6-11-17(25)18-21-14-8-3-2-7-13(14)19(26)23-18/h2-5,7-10,17H,6,11-12H2,1H3,(H,21,23,26). The molecule has 2 aromatic heterocycles. The number of benzene rings is 2. The first-order chi connectivity index (χ1) is 12.7. The average Bonchev–Trinajstić information content (AvgIpc) is 3.27. The Morgan fingerprint density at radius 3 is 2.65 bits per heavy atom. The summed E-state index contributed by atoms with van der Waals surface area (Å²) in [5, 5.41) is 0.628. The van der Waals surface area contributed by atoms with Crippen LogP contribution in [0.5, 0.6) is 0 Å². The second-order valence-corrected chi connectivity index (χ2v) is 6.78. The lowest BCUT2D eigenvalue weighted by Gasteiger charge is -2.25. The molecule has 5 rings (SSSR count). The summed E-state index contributed by atoms with van der Waals surface area (Å²) in [6, 6.07) is 15.6. The number of para-hydroxylation sites is 3. The molecule has 4 aromatic rings. The number of rotatable bonds is 2. The molecule has 1 aliphatic heterocycles. The van der Waals surface area contributed by atoms with Gasteiger partial charge in [0.25, 0.3) is 5.56 Å². The highest BCUT2D eigenvalue weighted by atomic mass is 16.1. The third kappa shape index (κ3) is 2.22. The topological polar surface area (TPSA) is 66.8 Å². The average molecular weight is 345 g/mol. The van der Waals surface area contributed by atoms with E-state index in [-0.39, 0.29) is 11.6 Å². The van der Waals surface area contributed by atoms with E-state index in [2.05, 4.69) is 20.5 Å². The first-order valence-corrected chi connectivity index (χ1v) is 8.89. The van der Waals surface area contributed by atoms with E-state index in [4.69, 9.17) is 9.97 Å². The zero-order chi connectivity index (χ0) is 17.7. The molecule has 1 unspecified atom stereocenters. The Bertz CT molecular complexity index is 1180. The minimum atomic E-state index is -0.0811. The van der Waals surface area contributed by atoms with Gasteiger partial charge in [-0.25, -0.2) is 9.97 Å². The zero-order valence-electron chi connectivity index (χ0n) is 14.5. The van der Waals surface area contributed by atoms with Crippen LogP contribution in [0.4, 0.5) is 5.95 Å². The van der Waals surface area contributed by atoms with Gasteiger partial charge in [-0.05, 0) is 37.1 Å². The molecule has 0 amide bonds. The van der Waals surface area contributed by atoms with Crippen LogP contribution in [0, 0.1) is 0 Å². The van der Waals surface area contributed by atoms with Gasteiger partial charge in [-0.3, -0.25) is 4.79 Å². The highest BCUT2D eigenvalue weighted by molar-refractivity contribution is 5.79. The molecule has 0 aliphatic carbocycles. The largest absolute Gasteiger partial charge is 0.332 e. The highest BCUT2D eigenvalue weighted by Crippen LogP contribution is 2.35. The molecule has 0 radical (unpaired) electrons. The van der Waals surface area contributed by atoms with Crippen LogP contribution in [-0.2, 0) is 7.05 Å². The van der Waals surface area contributed by atoms with Crippen molar-refractivity contribution in [2.45, 2.75) is 18.9 Å². The molecule has 1 aliphatic rings. The Labute approximate surface area is 150 Å². The van der Waals surface area contributed by atoms with E-state index in [1.807, 2.05) is 49.5 Å². The van der Waals surface area contributed by atoms with Crippen molar-refractivity contribution in [3.8, 4) is 0 Å². The van der Waals surface area contributed by atoms with Gasteiger partial charge < -0.3 is 14.5 Å². The van der Waals surface area contributed by atoms with Crippen molar-refractivity contribution in [2.75, 3.05) is 11.4 Å². The van der Waals surface area contributed by atoms with Gasteiger partial charge in [0.05, 0.1) is 28.0 Å². The zero-order valence-corrected chi connectivity index (χ0v) is 14.5. The monoisotopic (exact) mass is 345 g/mol. The lowest BCUT2D eigenvalue weighted by atomic mass is 10.2. The predicted octanol–water partition coefficient (Wildman–Crippen LogP) is 3.15. The lowest BCUT2D eigenvalue weighted by Crippen LogP contribution is -2.28. The Morgan fingerprint density at radius 2 is 1.81 bits per heavy atom. The lowest BCUT2D eigenvalue weighted by molar-refractivity contribution is 0.646. The number of aromatic amines is 1. The minimum Gasteiger partial charge on any atom is -0.332 e. The normalized spacial score (nSPS) is 17.4. The molecule has 0 spiro atoms. The van der Waals surface area contributed by atoms with Gasteiger partial charge in [0.1, 0.15) is 5.82 Å². The van der Waals surface area contributed by atoms with Crippen molar-refractivity contribution in [1.82, 2.24) is 19.5 Å². The van der Waals surface area contributed by atoms with Crippen LogP contribution >= 0.6 is 0 Å². The summed E-state index contributed by atoms with van der Waals surface area (Å²) in [6.45, 7) is 0.901. The van der Waals surface area contributed by atoms with E-state index in [1.165, 1.54) is 0 Å². The molecule has 6 nitrogen and oxygen atoms in total. The molecule has 26 heavy (non-hydrogen) atoms. The molecule has 0 saturated carbocycles. The molecule has 1 atom stereocenters. The van der Waals surface area contributed by atoms with Crippen LogP contribution in [0.1, 0.15) is 24.7 Å². The third-order valence-electron chi connectivity index (χ3n) is 5.22. The van der Waals surface area contributed by atoms with Crippen LogP contribution in [-0.4, -0.2) is 26.1 Å². The van der Waals surface area contributed by atoms with Crippen LogP contribution < -0.4 is 10.5 Å². The maximum atomic E-state index is 12.5. The summed E-state index contributed by atoms with van der Waals surface area (Å²) in [7, 11) is 2.04. The fourth-order valence-electron chi connectivity index (χ4n) is 3.94. The van der Waals surface area contributed by atoms with Gasteiger partial charge in [0, 0.05) is 13.6 Å². The van der Waals surface area contributed by atoms with Gasteiger partial charge in [-0.15, -0.1) is 0 Å². The summed E-state index contributed by atoms with van der Waals surface area (Å²) in [6.07, 6.45) is 1.99. The number of aryl methyl sites for hydroxylation is 1. The first kappa shape index (κ1) is 15.1. The molecular formula is C20H19N5O. The van der Waals surface area contributed by atoms with E-state index >= 15 is 0 Å². The van der Waals surface area contributed by atoms with Crippen LogP contribution in [0.25, 0.3) is 21.9 Å². The van der Waals surface area contributed by atoms with Crippen LogP contribution in [0.15, 0.2) is 53.3 Å². The summed E-state index contributed by atoms with van der Waals surface area (Å²) in [4.78, 5) is 27.3. The van der Waals surface area contributed by atoms with E-state index in [0.717, 1.165) is 47.7 Å². The molecule has 1 saturated heterocycles. The molecule has 3 heterocycles. The number of anilines is 1. The van der Waals surface area contributed by atoms with Gasteiger partial charge in [-0.1, -0.05) is 24.3 Å². The molecule has 2 aromatic carbocycles. The number of fused-ring (bicyclic) bond motifs is 2. The minimum absolute atomic E-state index is 0.0304. The first-order valence-electron chi connectivity index (χ1n) is 8.89. The number of aromatic nitrogens is 4. The molecule has 1 fully saturated rings. The molecular weight excluding hydrogens is 326 g/mol. The summed E-state index contributed by atoms with van der Waals surface area (Å²) in [5.41, 5.74) is 2.74. The van der Waals surface area contributed by atoms with Gasteiger partial charge in [-0.2, -0.15) is 0 Å². The second-order valence-electron chi connectivity index (χ2n) is 6.78. The molecule has 0 bridgehead atoms. The van der Waals surface area contributed by atoms with Crippen molar-refractivity contribution in [3.63, 3.8) is 0 Å². The Hall–Kier alpha value is -3.15. The number of nitrogens with zero attached hydrogens (tertiary/aromatic N) is 4. The summed E-state index contributed by atoms with van der Waals surface area (Å²) < 4.78 is 2.12. The van der Waals surface area contributed by atoms with Gasteiger partial charge >= 0.3 is 0 Å². The Morgan fingerprint density at radius 1 is 1.04 bits per heavy atom. The van der Waals surface area contributed by atoms with Gasteiger partial charge in [0.15, 0.2) is 0 Å². The van der Waals surface area contributed by atoms with Crippen molar-refractivity contribution in [1.29, 1.82) is 0 Å². The number of hydrogen-bond donors (Lipinski definition) is 1. The van der Waals surface area contributed by atoms with Gasteiger partial charge in [0.2, 0.25) is 5.95 Å². The smallest absolute Gasteiger partial charge is 0.258 e. The van der Waals surface area contributed by atoms with E-state index in [9.17, 15) is 4.79 Å². The number of nitrogens with one attached hydrogen (secondary N) is 1. The number of H-pyrrole nitrogens is 1. The highest BCUT2D eigenvalue weighted by Gasteiger charge is 2.31. The number of imidazole rings is 1. The van der Waals surface area contributed by atoms with Crippen molar-refractivity contribution < 1.29 is 0 Å². The second kappa shape index (κ2) is 5.69. The maximum Gasteiger partial charge on any atom is 0.258 e. The van der Waals surface area contributed by atoms with Crippen molar-refractivity contribution >= 4 is 27.9 Å². The summed E-state index contributed by atoms with van der Waals surface area (Å²) >= 11 is 0. The fourth-order valence-corrected chi connectivity index (χ4v) is 3.94. The maximum absolute atomic E-state index is 12.5. The predicted molar refractivity (Wildman–Crippen MR) is 102 cm³/mol. The fraction of sp³-hybridized carbons (Fsp3) is 0.250. The van der Waals surface area contributed by atoms with E-state index in [0.29, 0.717) is 5.39 Å². The van der Waals surface area contributed by atoms with Crippen molar-refractivity contribution in [2.24, 2.45) is 7.05 Å². The van der Waals surface area contributed by atoms with E-state index < -0.39 is 0 Å².